The van der Waals surface area contributed by atoms with Crippen molar-refractivity contribution in [2.24, 2.45) is 10.2 Å². The van der Waals surface area contributed by atoms with Crippen LogP contribution in [0.25, 0.3) is 0 Å². The predicted molar refractivity (Wildman–Crippen MR) is 96.2 cm³/mol. The third-order valence-corrected chi connectivity index (χ3v) is 3.79. The number of rotatable bonds is 7. The highest BCUT2D eigenvalue weighted by Gasteiger charge is 2.09. The van der Waals surface area contributed by atoms with Gasteiger partial charge in [0.1, 0.15) is 11.6 Å². The minimum absolute atomic E-state index is 0.178. The van der Waals surface area contributed by atoms with E-state index in [9.17, 15) is 8.78 Å². The third-order valence-electron chi connectivity index (χ3n) is 3.54. The first-order valence-corrected chi connectivity index (χ1v) is 8.28. The minimum Gasteiger partial charge on any atom is -0.206 e. The Morgan fingerprint density at radius 3 is 2.21 bits per heavy atom. The lowest BCUT2D eigenvalue weighted by atomic mass is 10.0. The molecule has 2 nitrogen and oxygen atoms in total. The van der Waals surface area contributed by atoms with Gasteiger partial charge in [0.15, 0.2) is 0 Å². The molecule has 2 rings (SSSR count). The summed E-state index contributed by atoms with van der Waals surface area (Å²) in [5.74, 6) is -1.24. The first kappa shape index (κ1) is 18.3. The van der Waals surface area contributed by atoms with Crippen LogP contribution in [0.4, 0.5) is 8.78 Å². The fourth-order valence-corrected chi connectivity index (χ4v) is 2.35. The SMILES string of the molecule is CCCCCc1cc(F)c(/C=N/N=C/c2ccc(Cl)cc2)c(F)c1. The molecule has 0 radical (unpaired) electrons. The zero-order valence-electron chi connectivity index (χ0n) is 13.5. The standard InChI is InChI=1S/C19H19ClF2N2/c1-2-3-4-5-15-10-18(21)17(19(22)11-15)13-24-23-12-14-6-8-16(20)9-7-14/h6-13H,2-5H2,1H3/b23-12+,24-13+. The van der Waals surface area contributed by atoms with E-state index in [2.05, 4.69) is 17.1 Å². The van der Waals surface area contributed by atoms with E-state index < -0.39 is 11.6 Å². The largest absolute Gasteiger partial charge is 0.206 e. The van der Waals surface area contributed by atoms with E-state index in [1.54, 1.807) is 24.3 Å². The molecule has 24 heavy (non-hydrogen) atoms. The van der Waals surface area contributed by atoms with Crippen molar-refractivity contribution >= 4 is 24.0 Å². The van der Waals surface area contributed by atoms with E-state index in [-0.39, 0.29) is 5.56 Å². The van der Waals surface area contributed by atoms with Crippen LogP contribution in [-0.2, 0) is 6.42 Å². The average molecular weight is 349 g/mol. The molecule has 0 saturated heterocycles. The summed E-state index contributed by atoms with van der Waals surface area (Å²) in [4.78, 5) is 0. The highest BCUT2D eigenvalue weighted by atomic mass is 35.5. The molecular weight excluding hydrogens is 330 g/mol. The van der Waals surface area contributed by atoms with Gasteiger partial charge < -0.3 is 0 Å². The number of aryl methyl sites for hydroxylation is 1. The van der Waals surface area contributed by atoms with Crippen LogP contribution < -0.4 is 0 Å². The zero-order chi connectivity index (χ0) is 17.4. The number of hydrogen-bond donors (Lipinski definition) is 0. The summed E-state index contributed by atoms with van der Waals surface area (Å²) < 4.78 is 28.0. The molecule has 5 heteroatoms. The van der Waals surface area contributed by atoms with Gasteiger partial charge in [0.25, 0.3) is 0 Å². The van der Waals surface area contributed by atoms with Gasteiger partial charge >= 0.3 is 0 Å². The van der Waals surface area contributed by atoms with Crippen molar-refractivity contribution in [3.63, 3.8) is 0 Å². The van der Waals surface area contributed by atoms with Crippen LogP contribution in [0.1, 0.15) is 42.9 Å². The van der Waals surface area contributed by atoms with Crippen LogP contribution in [0.2, 0.25) is 5.02 Å². The second-order valence-electron chi connectivity index (χ2n) is 5.47. The van der Waals surface area contributed by atoms with Gasteiger partial charge in [-0.25, -0.2) is 8.78 Å². The minimum atomic E-state index is -0.619. The molecule has 0 amide bonds. The second kappa shape index (κ2) is 9.28. The monoisotopic (exact) mass is 348 g/mol. The van der Waals surface area contributed by atoms with Crippen molar-refractivity contribution < 1.29 is 8.78 Å². The molecule has 0 aliphatic rings. The van der Waals surface area contributed by atoms with Crippen LogP contribution in [0.3, 0.4) is 0 Å². The number of benzene rings is 2. The molecule has 0 fully saturated rings. The molecule has 0 aromatic heterocycles. The molecule has 0 aliphatic carbocycles. The number of unbranched alkanes of at least 4 members (excludes halogenated alkanes) is 2. The van der Waals surface area contributed by atoms with E-state index in [4.69, 9.17) is 11.6 Å². The van der Waals surface area contributed by atoms with Gasteiger partial charge in [-0.3, -0.25) is 0 Å². The lowest BCUT2D eigenvalue weighted by molar-refractivity contribution is 0.574. The van der Waals surface area contributed by atoms with E-state index in [0.29, 0.717) is 17.0 Å². The Morgan fingerprint density at radius 2 is 1.58 bits per heavy atom. The average Bonchev–Trinajstić information content (AvgIpc) is 2.55. The van der Waals surface area contributed by atoms with E-state index in [0.717, 1.165) is 31.0 Å². The Morgan fingerprint density at radius 1 is 0.958 bits per heavy atom. The molecule has 0 aliphatic heterocycles. The summed E-state index contributed by atoms with van der Waals surface area (Å²) in [7, 11) is 0. The lowest BCUT2D eigenvalue weighted by Crippen LogP contribution is -1.98. The van der Waals surface area contributed by atoms with Gasteiger partial charge in [-0.1, -0.05) is 43.5 Å². The van der Waals surface area contributed by atoms with Crippen molar-refractivity contribution in [2.75, 3.05) is 0 Å². The Balaban J connectivity index is 2.04. The molecule has 0 atom stereocenters. The van der Waals surface area contributed by atoms with Crippen molar-refractivity contribution in [1.82, 2.24) is 0 Å². The van der Waals surface area contributed by atoms with E-state index >= 15 is 0 Å². The van der Waals surface area contributed by atoms with E-state index in [1.165, 1.54) is 18.3 Å². The first-order valence-electron chi connectivity index (χ1n) is 7.90. The van der Waals surface area contributed by atoms with E-state index in [1.807, 2.05) is 0 Å². The molecule has 2 aromatic carbocycles. The van der Waals surface area contributed by atoms with Crippen molar-refractivity contribution in [3.05, 3.63) is 69.7 Å². The lowest BCUT2D eigenvalue weighted by Gasteiger charge is -2.04. The smallest absolute Gasteiger partial charge is 0.135 e. The van der Waals surface area contributed by atoms with Gasteiger partial charge in [-0.05, 0) is 48.2 Å². The van der Waals surface area contributed by atoms with Crippen molar-refractivity contribution in [1.29, 1.82) is 0 Å². The summed E-state index contributed by atoms with van der Waals surface area (Å²) in [5, 5.41) is 8.14. The maximum absolute atomic E-state index is 14.0. The number of hydrogen-bond acceptors (Lipinski definition) is 2. The third kappa shape index (κ3) is 5.53. The molecule has 0 heterocycles. The van der Waals surface area contributed by atoms with Crippen LogP contribution >= 0.6 is 11.6 Å². The normalized spacial score (nSPS) is 11.7. The molecule has 0 unspecified atom stereocenters. The summed E-state index contributed by atoms with van der Waals surface area (Å²) in [6, 6.07) is 9.72. The Hall–Kier alpha value is -2.07. The maximum Gasteiger partial charge on any atom is 0.135 e. The van der Waals surface area contributed by atoms with Crippen molar-refractivity contribution in [2.45, 2.75) is 32.6 Å². The van der Waals surface area contributed by atoms with Gasteiger partial charge in [0.05, 0.1) is 18.0 Å². The molecular formula is C19H19ClF2N2. The fourth-order valence-electron chi connectivity index (χ4n) is 2.22. The summed E-state index contributed by atoms with van der Waals surface area (Å²) >= 11 is 5.78. The van der Waals surface area contributed by atoms with Crippen LogP contribution in [0.5, 0.6) is 0 Å². The molecule has 0 bridgehead atoms. The molecule has 126 valence electrons. The number of nitrogens with zero attached hydrogens (tertiary/aromatic N) is 2. The van der Waals surface area contributed by atoms with Gasteiger partial charge in [-0.15, -0.1) is 0 Å². The van der Waals surface area contributed by atoms with Gasteiger partial charge in [0.2, 0.25) is 0 Å². The fraction of sp³-hybridized carbons (Fsp3) is 0.263. The highest BCUT2D eigenvalue weighted by molar-refractivity contribution is 6.30. The molecule has 2 aromatic rings. The quantitative estimate of drug-likeness (QED) is 0.343. The molecule has 0 N–H and O–H groups in total. The zero-order valence-corrected chi connectivity index (χ0v) is 14.2. The first-order chi connectivity index (χ1) is 11.6. The van der Waals surface area contributed by atoms with Crippen LogP contribution in [0.15, 0.2) is 46.6 Å². The molecule has 0 saturated carbocycles. The summed E-state index contributed by atoms with van der Waals surface area (Å²) in [6.07, 6.45) is 6.30. The topological polar surface area (TPSA) is 24.7 Å². The Bertz CT molecular complexity index is 702. The van der Waals surface area contributed by atoms with Crippen molar-refractivity contribution in [3.8, 4) is 0 Å². The highest BCUT2D eigenvalue weighted by Crippen LogP contribution is 2.16. The van der Waals surface area contributed by atoms with Gasteiger partial charge in [0, 0.05) is 5.02 Å². The second-order valence-corrected chi connectivity index (χ2v) is 5.91. The van der Waals surface area contributed by atoms with Crippen LogP contribution in [0, 0.1) is 11.6 Å². The van der Waals surface area contributed by atoms with Crippen LogP contribution in [-0.4, -0.2) is 12.4 Å². The van der Waals surface area contributed by atoms with Gasteiger partial charge in [-0.2, -0.15) is 10.2 Å². The summed E-state index contributed by atoms with van der Waals surface area (Å²) in [5.41, 5.74) is 1.28. The number of halogens is 3. The molecule has 0 spiro atoms. The summed E-state index contributed by atoms with van der Waals surface area (Å²) in [6.45, 7) is 2.09. The Kier molecular flexibility index (Phi) is 7.07. The Labute approximate surface area is 145 Å². The maximum atomic E-state index is 14.0. The predicted octanol–water partition coefficient (Wildman–Crippen LogP) is 5.80.